The zero-order valence-electron chi connectivity index (χ0n) is 11.1. The van der Waals surface area contributed by atoms with Gasteiger partial charge in [0.1, 0.15) is 0 Å². The molecule has 0 aromatic carbocycles. The molecule has 3 rings (SSSR count). The lowest BCUT2D eigenvalue weighted by Gasteiger charge is -2.43. The monoisotopic (exact) mass is 303 g/mol. The van der Waals surface area contributed by atoms with Crippen molar-refractivity contribution in [3.05, 3.63) is 30.1 Å². The van der Waals surface area contributed by atoms with Gasteiger partial charge in [0.2, 0.25) is 0 Å². The minimum absolute atomic E-state index is 0. The van der Waals surface area contributed by atoms with E-state index in [1.54, 1.807) is 0 Å². The molecule has 1 atom stereocenters. The molecule has 2 heterocycles. The normalized spacial score (nSPS) is 21.7. The van der Waals surface area contributed by atoms with E-state index in [-0.39, 0.29) is 24.8 Å². The minimum atomic E-state index is 0. The molecule has 2 fully saturated rings. The minimum Gasteiger partial charge on any atom is -0.314 e. The number of nitrogens with one attached hydrogen (secondary N) is 1. The van der Waals surface area contributed by atoms with E-state index in [4.69, 9.17) is 0 Å². The zero-order valence-corrected chi connectivity index (χ0v) is 12.8. The van der Waals surface area contributed by atoms with Crippen molar-refractivity contribution in [3.63, 3.8) is 0 Å². The lowest BCUT2D eigenvalue weighted by molar-refractivity contribution is 0.0836. The molecule has 0 unspecified atom stereocenters. The van der Waals surface area contributed by atoms with Crippen molar-refractivity contribution < 1.29 is 0 Å². The van der Waals surface area contributed by atoms with Gasteiger partial charge in [-0.25, -0.2) is 0 Å². The molecule has 2 aliphatic rings. The summed E-state index contributed by atoms with van der Waals surface area (Å²) in [4.78, 5) is 6.81. The molecule has 1 aliphatic carbocycles. The topological polar surface area (TPSA) is 28.2 Å². The molecule has 0 radical (unpaired) electrons. The Kier molecular flexibility index (Phi) is 7.08. The molecule has 1 saturated carbocycles. The molecular formula is C14H23Cl2N3. The van der Waals surface area contributed by atoms with E-state index in [1.165, 1.54) is 37.9 Å². The molecule has 0 amide bonds. The lowest BCUT2D eigenvalue weighted by atomic mass is 9.76. The number of pyridine rings is 1. The third-order valence-electron chi connectivity index (χ3n) is 4.19. The van der Waals surface area contributed by atoms with E-state index >= 15 is 0 Å². The van der Waals surface area contributed by atoms with Gasteiger partial charge in [-0.2, -0.15) is 0 Å². The first kappa shape index (κ1) is 16.7. The number of rotatable bonds is 3. The second-order valence-electron chi connectivity index (χ2n) is 5.20. The summed E-state index contributed by atoms with van der Waals surface area (Å²) in [6.07, 6.45) is 8.08. The third kappa shape index (κ3) is 3.82. The van der Waals surface area contributed by atoms with Crippen molar-refractivity contribution in [3.8, 4) is 0 Å². The highest BCUT2D eigenvalue weighted by molar-refractivity contribution is 5.85. The highest BCUT2D eigenvalue weighted by Crippen LogP contribution is 2.41. The number of hydrogen-bond donors (Lipinski definition) is 1. The van der Waals surface area contributed by atoms with Gasteiger partial charge in [0.05, 0.1) is 0 Å². The summed E-state index contributed by atoms with van der Waals surface area (Å²) in [5.74, 6) is 0.871. The molecule has 1 saturated heterocycles. The Morgan fingerprint density at radius 3 is 2.26 bits per heavy atom. The van der Waals surface area contributed by atoms with Crippen LogP contribution in [0.2, 0.25) is 0 Å². The Morgan fingerprint density at radius 2 is 1.74 bits per heavy atom. The van der Waals surface area contributed by atoms with E-state index in [9.17, 15) is 0 Å². The van der Waals surface area contributed by atoms with Gasteiger partial charge in [-0.05, 0) is 36.5 Å². The van der Waals surface area contributed by atoms with Gasteiger partial charge in [-0.15, -0.1) is 24.8 Å². The molecule has 3 nitrogen and oxygen atoms in total. The van der Waals surface area contributed by atoms with Crippen molar-refractivity contribution in [2.75, 3.05) is 26.2 Å². The van der Waals surface area contributed by atoms with Crippen LogP contribution in [0, 0.1) is 5.92 Å². The fraction of sp³-hybridized carbons (Fsp3) is 0.643. The fourth-order valence-corrected chi connectivity index (χ4v) is 3.06. The number of nitrogens with zero attached hydrogens (tertiary/aromatic N) is 2. The maximum absolute atomic E-state index is 4.15. The Morgan fingerprint density at radius 1 is 1.11 bits per heavy atom. The lowest BCUT2D eigenvalue weighted by Crippen LogP contribution is -2.47. The number of hydrogen-bond acceptors (Lipinski definition) is 3. The molecule has 1 aliphatic heterocycles. The standard InChI is InChI=1S/C14H21N3.2ClH/c1-2-12(3-1)14(13-4-6-15-7-5-13)17-10-8-16-9-11-17;;/h4-7,12,14,16H,1-3,8-11H2;2*1H/t14-;;/m1../s1. The Hall–Kier alpha value is -0.350. The van der Waals surface area contributed by atoms with Crippen molar-refractivity contribution in [1.29, 1.82) is 0 Å². The van der Waals surface area contributed by atoms with Gasteiger partial charge in [0.25, 0.3) is 0 Å². The van der Waals surface area contributed by atoms with E-state index < -0.39 is 0 Å². The van der Waals surface area contributed by atoms with Crippen LogP contribution in [-0.2, 0) is 0 Å². The highest BCUT2D eigenvalue weighted by Gasteiger charge is 2.33. The molecule has 1 N–H and O–H groups in total. The molecule has 1 aromatic heterocycles. The molecular weight excluding hydrogens is 281 g/mol. The van der Waals surface area contributed by atoms with Crippen molar-refractivity contribution in [2.45, 2.75) is 25.3 Å². The van der Waals surface area contributed by atoms with Crippen molar-refractivity contribution in [1.82, 2.24) is 15.2 Å². The maximum Gasteiger partial charge on any atom is 0.0378 e. The van der Waals surface area contributed by atoms with Crippen molar-refractivity contribution in [2.24, 2.45) is 5.92 Å². The largest absolute Gasteiger partial charge is 0.314 e. The van der Waals surface area contributed by atoms with Gasteiger partial charge >= 0.3 is 0 Å². The molecule has 1 aromatic rings. The second-order valence-corrected chi connectivity index (χ2v) is 5.20. The van der Waals surface area contributed by atoms with Crippen LogP contribution in [0.5, 0.6) is 0 Å². The summed E-state index contributed by atoms with van der Waals surface area (Å²) in [6.45, 7) is 4.63. The summed E-state index contributed by atoms with van der Waals surface area (Å²) in [7, 11) is 0. The summed E-state index contributed by atoms with van der Waals surface area (Å²) >= 11 is 0. The van der Waals surface area contributed by atoms with Crippen LogP contribution in [0.3, 0.4) is 0 Å². The number of aromatic nitrogens is 1. The average molecular weight is 304 g/mol. The quantitative estimate of drug-likeness (QED) is 0.930. The highest BCUT2D eigenvalue weighted by atomic mass is 35.5. The van der Waals surface area contributed by atoms with Gasteiger partial charge < -0.3 is 5.32 Å². The Bertz CT molecular complexity index is 351. The summed E-state index contributed by atoms with van der Waals surface area (Å²) in [5.41, 5.74) is 1.46. The van der Waals surface area contributed by atoms with E-state index in [0.717, 1.165) is 19.0 Å². The molecule has 19 heavy (non-hydrogen) atoms. The predicted octanol–water partition coefficient (Wildman–Crippen LogP) is 2.67. The van der Waals surface area contributed by atoms with Crippen LogP contribution in [0.4, 0.5) is 0 Å². The second kappa shape index (κ2) is 8.05. The SMILES string of the molecule is Cl.Cl.c1cc([C@@H](C2CCC2)N2CCNCC2)ccn1. The average Bonchev–Trinajstić information content (AvgIpc) is 2.36. The van der Waals surface area contributed by atoms with Gasteiger partial charge in [0, 0.05) is 44.6 Å². The first-order valence-electron chi connectivity index (χ1n) is 6.80. The summed E-state index contributed by atoms with van der Waals surface area (Å²) < 4.78 is 0. The molecule has 5 heteroatoms. The van der Waals surface area contributed by atoms with Crippen molar-refractivity contribution >= 4 is 24.8 Å². The number of piperazine rings is 1. The Labute approximate surface area is 128 Å². The predicted molar refractivity (Wildman–Crippen MR) is 83.3 cm³/mol. The zero-order chi connectivity index (χ0) is 11.5. The first-order valence-corrected chi connectivity index (χ1v) is 6.80. The van der Waals surface area contributed by atoms with Crippen LogP contribution in [0.1, 0.15) is 30.9 Å². The van der Waals surface area contributed by atoms with Crippen LogP contribution < -0.4 is 5.32 Å². The summed E-state index contributed by atoms with van der Waals surface area (Å²) in [6, 6.07) is 5.03. The van der Waals surface area contributed by atoms with E-state index in [2.05, 4.69) is 27.3 Å². The molecule has 0 spiro atoms. The third-order valence-corrected chi connectivity index (χ3v) is 4.19. The first-order chi connectivity index (χ1) is 8.45. The maximum atomic E-state index is 4.15. The van der Waals surface area contributed by atoms with Crippen LogP contribution in [0.25, 0.3) is 0 Å². The summed E-state index contributed by atoms with van der Waals surface area (Å²) in [5, 5.41) is 3.44. The van der Waals surface area contributed by atoms with E-state index in [1.807, 2.05) is 12.4 Å². The molecule has 108 valence electrons. The fourth-order valence-electron chi connectivity index (χ4n) is 3.06. The van der Waals surface area contributed by atoms with E-state index in [0.29, 0.717) is 6.04 Å². The smallest absolute Gasteiger partial charge is 0.0378 e. The molecule has 0 bridgehead atoms. The van der Waals surface area contributed by atoms with Crippen LogP contribution >= 0.6 is 24.8 Å². The van der Waals surface area contributed by atoms with Gasteiger partial charge in [-0.1, -0.05) is 6.42 Å². The van der Waals surface area contributed by atoms with Crippen LogP contribution in [0.15, 0.2) is 24.5 Å². The van der Waals surface area contributed by atoms with Gasteiger partial charge in [0.15, 0.2) is 0 Å². The van der Waals surface area contributed by atoms with Gasteiger partial charge in [-0.3, -0.25) is 9.88 Å². The Balaban J connectivity index is 0.000000902. The van der Waals surface area contributed by atoms with Crippen LogP contribution in [-0.4, -0.2) is 36.1 Å². The number of halogens is 2.